The molecule has 0 atom stereocenters. The van der Waals surface area contributed by atoms with Gasteiger partial charge in [0.1, 0.15) is 0 Å². The maximum atomic E-state index is 4.35. The average molecular weight is 397 g/mol. The quantitative estimate of drug-likeness (QED) is 0.640. The highest BCUT2D eigenvalue weighted by molar-refractivity contribution is 5.01. The van der Waals surface area contributed by atoms with E-state index in [-0.39, 0.29) is 36.8 Å². The number of aromatic nitrogens is 8. The minimum absolute atomic E-state index is 0. The molecule has 2 heterocycles. The van der Waals surface area contributed by atoms with Crippen LogP contribution >= 0.6 is 0 Å². The van der Waals surface area contributed by atoms with E-state index in [9.17, 15) is 0 Å². The molecule has 2 aromatic rings. The molecule has 0 N–H and O–H groups in total. The molecule has 8 heteroatoms. The molecule has 2 rings (SSSR count). The Morgan fingerprint density at radius 2 is 1.11 bits per heavy atom. The third kappa shape index (κ3) is 7.64. The van der Waals surface area contributed by atoms with Crippen LogP contribution in [-0.2, 0) is 21.9 Å². The molecule has 0 aliphatic heterocycles. The van der Waals surface area contributed by atoms with Crippen molar-refractivity contribution in [1.29, 1.82) is 0 Å². The molecule has 2 aromatic heterocycles. The molecule has 0 unspecified atom stereocenters. The summed E-state index contributed by atoms with van der Waals surface area (Å²) in [5.41, 5.74) is -0.164. The zero-order valence-electron chi connectivity index (χ0n) is 18.6. The molecule has 0 aromatic carbocycles. The van der Waals surface area contributed by atoms with Gasteiger partial charge in [-0.1, -0.05) is 56.4 Å². The van der Waals surface area contributed by atoms with E-state index in [1.54, 1.807) is 4.80 Å². The zero-order valence-corrected chi connectivity index (χ0v) is 18.6. The van der Waals surface area contributed by atoms with Crippen LogP contribution in [0.4, 0.5) is 0 Å². The number of tetrazole rings is 2. The lowest BCUT2D eigenvalue weighted by Crippen LogP contribution is -2.30. The van der Waals surface area contributed by atoms with Gasteiger partial charge in [0.05, 0.1) is 11.1 Å². The molecule has 0 radical (unpaired) electrons. The minimum Gasteiger partial charge on any atom is -0.224 e. The molecule has 0 aliphatic rings. The van der Waals surface area contributed by atoms with Crippen LogP contribution in [0, 0.1) is 0 Å². The second-order valence-electron chi connectivity index (χ2n) is 10.7. The Bertz CT molecular complexity index is 643. The number of hydrogen-bond donors (Lipinski definition) is 0. The number of rotatable bonds is 0. The standard InChI is InChI=1S/2C9H18N4.2CH4/c1-8(2,3)7-10-11-12-13(7)9(4,5)6;1-8(2,3)7-10-12-13(11-7)9(4,5)6;;/h2*1-6H3;2*1H4. The van der Waals surface area contributed by atoms with Crippen molar-refractivity contribution in [3.63, 3.8) is 0 Å². The van der Waals surface area contributed by atoms with Gasteiger partial charge in [-0.2, -0.15) is 4.80 Å². The molecule has 0 spiro atoms. The second-order valence-corrected chi connectivity index (χ2v) is 10.7. The van der Waals surface area contributed by atoms with Gasteiger partial charge in [0.25, 0.3) is 0 Å². The fourth-order valence-corrected chi connectivity index (χ4v) is 1.91. The third-order valence-corrected chi connectivity index (χ3v) is 3.46. The van der Waals surface area contributed by atoms with Crippen LogP contribution in [0.25, 0.3) is 0 Å². The smallest absolute Gasteiger partial charge is 0.180 e. The Hall–Kier alpha value is -1.86. The first-order valence-corrected chi connectivity index (χ1v) is 9.04. The van der Waals surface area contributed by atoms with Crippen molar-refractivity contribution in [2.45, 2.75) is 120 Å². The summed E-state index contributed by atoms with van der Waals surface area (Å²) in [4.78, 5) is 1.66. The summed E-state index contributed by atoms with van der Waals surface area (Å²) < 4.78 is 1.88. The van der Waals surface area contributed by atoms with Gasteiger partial charge in [-0.05, 0) is 57.2 Å². The Morgan fingerprint density at radius 3 is 1.36 bits per heavy atom. The second kappa shape index (κ2) is 9.09. The lowest BCUT2D eigenvalue weighted by Gasteiger charge is -2.25. The van der Waals surface area contributed by atoms with Crippen molar-refractivity contribution in [2.24, 2.45) is 0 Å². The molecule has 164 valence electrons. The Balaban J connectivity index is 0. The van der Waals surface area contributed by atoms with Gasteiger partial charge in [-0.15, -0.1) is 15.3 Å². The fourth-order valence-electron chi connectivity index (χ4n) is 1.91. The lowest BCUT2D eigenvalue weighted by molar-refractivity contribution is 0.303. The van der Waals surface area contributed by atoms with E-state index in [1.165, 1.54) is 0 Å². The van der Waals surface area contributed by atoms with Crippen molar-refractivity contribution >= 4 is 0 Å². The van der Waals surface area contributed by atoms with Gasteiger partial charge in [0, 0.05) is 10.8 Å². The van der Waals surface area contributed by atoms with Gasteiger partial charge in [-0.3, -0.25) is 0 Å². The van der Waals surface area contributed by atoms with Crippen molar-refractivity contribution < 1.29 is 0 Å². The fraction of sp³-hybridized carbons (Fsp3) is 0.900. The Kier molecular flexibility index (Phi) is 9.21. The molecular formula is C20H44N8. The summed E-state index contributed by atoms with van der Waals surface area (Å²) >= 11 is 0. The van der Waals surface area contributed by atoms with Gasteiger partial charge in [0.15, 0.2) is 11.6 Å². The first-order chi connectivity index (χ1) is 11.4. The van der Waals surface area contributed by atoms with Gasteiger partial charge in [0.2, 0.25) is 0 Å². The summed E-state index contributed by atoms with van der Waals surface area (Å²) in [5, 5.41) is 24.2. The Labute approximate surface area is 172 Å². The van der Waals surface area contributed by atoms with E-state index < -0.39 is 0 Å². The summed E-state index contributed by atoms with van der Waals surface area (Å²) in [6, 6.07) is 0. The SMILES string of the molecule is C.C.CC(C)(C)c1nnn(C(C)(C)C)n1.CC(C)(C)c1nnnn1C(C)(C)C. The van der Waals surface area contributed by atoms with Crippen LogP contribution in [-0.4, -0.2) is 40.4 Å². The van der Waals surface area contributed by atoms with Crippen LogP contribution in [0.2, 0.25) is 0 Å². The number of hydrogen-bond acceptors (Lipinski definition) is 6. The van der Waals surface area contributed by atoms with Crippen LogP contribution in [0.1, 0.15) is 110 Å². The first-order valence-electron chi connectivity index (χ1n) is 9.04. The highest BCUT2D eigenvalue weighted by atomic mass is 15.6. The normalized spacial score (nSPS) is 12.4. The maximum absolute atomic E-state index is 4.35. The summed E-state index contributed by atoms with van der Waals surface area (Å²) in [6.45, 7) is 25.0. The van der Waals surface area contributed by atoms with Crippen molar-refractivity contribution in [2.75, 3.05) is 0 Å². The molecule has 0 amide bonds. The van der Waals surface area contributed by atoms with Crippen LogP contribution < -0.4 is 0 Å². The van der Waals surface area contributed by atoms with Crippen molar-refractivity contribution in [3.05, 3.63) is 11.6 Å². The molecule has 0 fully saturated rings. The highest BCUT2D eigenvalue weighted by Gasteiger charge is 2.27. The molecule has 28 heavy (non-hydrogen) atoms. The van der Waals surface area contributed by atoms with Gasteiger partial charge in [-0.25, -0.2) is 4.68 Å². The van der Waals surface area contributed by atoms with Gasteiger partial charge < -0.3 is 0 Å². The summed E-state index contributed by atoms with van der Waals surface area (Å²) in [5.74, 6) is 1.72. The zero-order chi connectivity index (χ0) is 20.6. The monoisotopic (exact) mass is 396 g/mol. The average Bonchev–Trinajstić information content (AvgIpc) is 3.06. The van der Waals surface area contributed by atoms with E-state index in [0.717, 1.165) is 11.6 Å². The van der Waals surface area contributed by atoms with E-state index in [4.69, 9.17) is 0 Å². The van der Waals surface area contributed by atoms with Crippen LogP contribution in [0.5, 0.6) is 0 Å². The van der Waals surface area contributed by atoms with Gasteiger partial charge >= 0.3 is 0 Å². The molecular weight excluding hydrogens is 352 g/mol. The molecule has 0 bridgehead atoms. The summed E-state index contributed by atoms with van der Waals surface area (Å²) in [6.07, 6.45) is 0. The van der Waals surface area contributed by atoms with E-state index in [1.807, 2.05) is 4.68 Å². The van der Waals surface area contributed by atoms with E-state index >= 15 is 0 Å². The number of nitrogens with zero attached hydrogens (tertiary/aromatic N) is 8. The van der Waals surface area contributed by atoms with E-state index in [2.05, 4.69) is 114 Å². The summed E-state index contributed by atoms with van der Waals surface area (Å²) in [7, 11) is 0. The highest BCUT2D eigenvalue weighted by Crippen LogP contribution is 2.23. The van der Waals surface area contributed by atoms with Crippen molar-refractivity contribution in [3.8, 4) is 0 Å². The molecule has 8 nitrogen and oxygen atoms in total. The van der Waals surface area contributed by atoms with Crippen LogP contribution in [0.3, 0.4) is 0 Å². The Morgan fingerprint density at radius 1 is 0.607 bits per heavy atom. The molecule has 0 aliphatic carbocycles. The lowest BCUT2D eigenvalue weighted by atomic mass is 9.94. The van der Waals surface area contributed by atoms with E-state index in [0.29, 0.717) is 0 Å². The maximum Gasteiger partial charge on any atom is 0.180 e. The van der Waals surface area contributed by atoms with Crippen molar-refractivity contribution in [1.82, 2.24) is 40.4 Å². The largest absolute Gasteiger partial charge is 0.224 e. The van der Waals surface area contributed by atoms with Crippen LogP contribution in [0.15, 0.2) is 0 Å². The minimum atomic E-state index is -0.0868. The predicted molar refractivity (Wildman–Crippen MR) is 116 cm³/mol. The molecule has 0 saturated carbocycles. The first kappa shape index (κ1) is 28.4. The topological polar surface area (TPSA) is 87.2 Å². The molecule has 0 saturated heterocycles. The predicted octanol–water partition coefficient (Wildman–Crippen LogP) is 4.72. The third-order valence-electron chi connectivity index (χ3n) is 3.46.